The summed E-state index contributed by atoms with van der Waals surface area (Å²) in [4.78, 5) is 11.7. The quantitative estimate of drug-likeness (QED) is 0.846. The van der Waals surface area contributed by atoms with E-state index in [1.54, 1.807) is 19.1 Å². The Bertz CT molecular complexity index is 441. The zero-order valence-electron chi connectivity index (χ0n) is 9.92. The second-order valence-corrected chi connectivity index (χ2v) is 4.90. The zero-order chi connectivity index (χ0) is 12.5. The molecule has 92 valence electrons. The van der Waals surface area contributed by atoms with Crippen molar-refractivity contribution in [2.45, 2.75) is 38.1 Å². The first kappa shape index (κ1) is 12.0. The highest BCUT2D eigenvalue weighted by atomic mass is 19.1. The third-order valence-electron chi connectivity index (χ3n) is 3.32. The number of halogens is 1. The summed E-state index contributed by atoms with van der Waals surface area (Å²) in [7, 11) is 0. The van der Waals surface area contributed by atoms with Crippen LogP contribution in [-0.2, 0) is 4.79 Å². The fraction of sp³-hybridized carbons (Fsp3) is 0.462. The highest BCUT2D eigenvalue weighted by Gasteiger charge is 2.34. The molecule has 0 radical (unpaired) electrons. The maximum atomic E-state index is 13.3. The molecule has 1 saturated carbocycles. The minimum Gasteiger partial charge on any atom is -0.326 e. The van der Waals surface area contributed by atoms with Gasteiger partial charge in [0.05, 0.1) is 0 Å². The molecule has 1 aliphatic carbocycles. The molecule has 2 rings (SSSR count). The van der Waals surface area contributed by atoms with Gasteiger partial charge in [-0.2, -0.15) is 0 Å². The van der Waals surface area contributed by atoms with Crippen LogP contribution < -0.4 is 11.1 Å². The molecule has 0 heterocycles. The van der Waals surface area contributed by atoms with Crippen LogP contribution in [0.2, 0.25) is 0 Å². The van der Waals surface area contributed by atoms with Gasteiger partial charge in [0.2, 0.25) is 5.91 Å². The molecule has 1 aromatic rings. The van der Waals surface area contributed by atoms with Crippen LogP contribution >= 0.6 is 0 Å². The van der Waals surface area contributed by atoms with Crippen LogP contribution in [0, 0.1) is 12.7 Å². The fourth-order valence-electron chi connectivity index (χ4n) is 2.00. The van der Waals surface area contributed by atoms with Crippen molar-refractivity contribution >= 4 is 11.6 Å². The number of benzene rings is 1. The van der Waals surface area contributed by atoms with E-state index < -0.39 is 0 Å². The standard InChI is InChI=1S/C13H17FN2O/c1-9-3-4-10(7-11(9)14)16-12(17)8-13(15)5-2-6-13/h3-4,7H,2,5-6,8,15H2,1H3,(H,16,17). The van der Waals surface area contributed by atoms with Crippen molar-refractivity contribution in [3.05, 3.63) is 29.6 Å². The molecule has 0 spiro atoms. The van der Waals surface area contributed by atoms with Crippen LogP contribution in [0.1, 0.15) is 31.2 Å². The molecule has 1 aromatic carbocycles. The molecule has 3 N–H and O–H groups in total. The van der Waals surface area contributed by atoms with E-state index in [0.717, 1.165) is 19.3 Å². The Morgan fingerprint density at radius 3 is 2.76 bits per heavy atom. The van der Waals surface area contributed by atoms with Crippen LogP contribution in [0.4, 0.5) is 10.1 Å². The summed E-state index contributed by atoms with van der Waals surface area (Å²) in [6.45, 7) is 1.68. The first-order chi connectivity index (χ1) is 7.98. The maximum Gasteiger partial charge on any atom is 0.226 e. The highest BCUT2D eigenvalue weighted by Crippen LogP contribution is 2.32. The molecule has 1 fully saturated rings. The lowest BCUT2D eigenvalue weighted by atomic mass is 9.75. The molecule has 1 amide bonds. The summed E-state index contributed by atoms with van der Waals surface area (Å²) in [6, 6.07) is 4.67. The molecule has 0 bridgehead atoms. The number of aryl methyl sites for hydroxylation is 1. The van der Waals surface area contributed by atoms with Gasteiger partial charge in [-0.3, -0.25) is 4.79 Å². The molecule has 0 atom stereocenters. The van der Waals surface area contributed by atoms with Gasteiger partial charge in [-0.25, -0.2) is 4.39 Å². The molecule has 0 saturated heterocycles. The number of carbonyl (C=O) groups excluding carboxylic acids is 1. The highest BCUT2D eigenvalue weighted by molar-refractivity contribution is 5.91. The van der Waals surface area contributed by atoms with Crippen LogP contribution in [0.15, 0.2) is 18.2 Å². The van der Waals surface area contributed by atoms with Crippen molar-refractivity contribution in [3.8, 4) is 0 Å². The van der Waals surface area contributed by atoms with Crippen molar-refractivity contribution in [1.29, 1.82) is 0 Å². The van der Waals surface area contributed by atoms with Gasteiger partial charge in [-0.15, -0.1) is 0 Å². The number of amides is 1. The Hall–Kier alpha value is -1.42. The Morgan fingerprint density at radius 2 is 2.24 bits per heavy atom. The number of nitrogens with two attached hydrogens (primary N) is 1. The lowest BCUT2D eigenvalue weighted by Crippen LogP contribution is -2.48. The average molecular weight is 236 g/mol. The van der Waals surface area contributed by atoms with Crippen molar-refractivity contribution in [1.82, 2.24) is 0 Å². The summed E-state index contributed by atoms with van der Waals surface area (Å²) in [5.41, 5.74) is 6.69. The topological polar surface area (TPSA) is 55.1 Å². The number of carbonyl (C=O) groups is 1. The monoisotopic (exact) mass is 236 g/mol. The van der Waals surface area contributed by atoms with Crippen LogP contribution in [0.25, 0.3) is 0 Å². The van der Waals surface area contributed by atoms with Gasteiger partial charge < -0.3 is 11.1 Å². The van der Waals surface area contributed by atoms with Crippen LogP contribution in [0.5, 0.6) is 0 Å². The van der Waals surface area contributed by atoms with Gasteiger partial charge in [0.25, 0.3) is 0 Å². The normalized spacial score (nSPS) is 17.4. The smallest absolute Gasteiger partial charge is 0.226 e. The van der Waals surface area contributed by atoms with E-state index in [9.17, 15) is 9.18 Å². The fourth-order valence-corrected chi connectivity index (χ4v) is 2.00. The number of hydrogen-bond donors (Lipinski definition) is 2. The van der Waals surface area contributed by atoms with Crippen molar-refractivity contribution in [2.24, 2.45) is 5.73 Å². The zero-order valence-corrected chi connectivity index (χ0v) is 9.92. The average Bonchev–Trinajstić information content (AvgIpc) is 2.21. The SMILES string of the molecule is Cc1ccc(NC(=O)CC2(N)CCC2)cc1F. The Morgan fingerprint density at radius 1 is 1.53 bits per heavy atom. The second-order valence-electron chi connectivity index (χ2n) is 4.90. The summed E-state index contributed by atoms with van der Waals surface area (Å²) in [5, 5.41) is 2.68. The predicted molar refractivity (Wildman–Crippen MR) is 65.2 cm³/mol. The number of nitrogens with one attached hydrogen (secondary N) is 1. The molecule has 4 heteroatoms. The van der Waals surface area contributed by atoms with E-state index in [2.05, 4.69) is 5.32 Å². The van der Waals surface area contributed by atoms with Crippen molar-refractivity contribution in [3.63, 3.8) is 0 Å². The van der Waals surface area contributed by atoms with Crippen LogP contribution in [-0.4, -0.2) is 11.4 Å². The van der Waals surface area contributed by atoms with Gasteiger partial charge in [-0.05, 0) is 43.9 Å². The van der Waals surface area contributed by atoms with Crippen molar-refractivity contribution in [2.75, 3.05) is 5.32 Å². The van der Waals surface area contributed by atoms with Gasteiger partial charge in [0.15, 0.2) is 0 Å². The Labute approximate surface area is 100 Å². The third-order valence-corrected chi connectivity index (χ3v) is 3.32. The third kappa shape index (κ3) is 2.82. The first-order valence-corrected chi connectivity index (χ1v) is 5.83. The molecule has 0 aliphatic heterocycles. The summed E-state index contributed by atoms with van der Waals surface area (Å²) in [6.07, 6.45) is 3.18. The minimum absolute atomic E-state index is 0.143. The summed E-state index contributed by atoms with van der Waals surface area (Å²) >= 11 is 0. The Balaban J connectivity index is 1.95. The summed E-state index contributed by atoms with van der Waals surface area (Å²) < 4.78 is 13.3. The summed E-state index contributed by atoms with van der Waals surface area (Å²) in [5.74, 6) is -0.454. The number of anilines is 1. The Kier molecular flexibility index (Phi) is 3.15. The molecule has 17 heavy (non-hydrogen) atoms. The van der Waals surface area contributed by atoms with Gasteiger partial charge in [0.1, 0.15) is 5.82 Å². The number of hydrogen-bond acceptors (Lipinski definition) is 2. The van der Waals surface area contributed by atoms with E-state index >= 15 is 0 Å². The van der Waals surface area contributed by atoms with Crippen molar-refractivity contribution < 1.29 is 9.18 Å². The minimum atomic E-state index is -0.340. The van der Waals surface area contributed by atoms with Gasteiger partial charge in [-0.1, -0.05) is 6.07 Å². The molecular formula is C13H17FN2O. The van der Waals surface area contributed by atoms with Gasteiger partial charge >= 0.3 is 0 Å². The molecule has 0 aromatic heterocycles. The van der Waals surface area contributed by atoms with E-state index in [4.69, 9.17) is 5.73 Å². The largest absolute Gasteiger partial charge is 0.326 e. The molecular weight excluding hydrogens is 219 g/mol. The number of rotatable bonds is 3. The predicted octanol–water partition coefficient (Wildman–Crippen LogP) is 2.34. The van der Waals surface area contributed by atoms with E-state index in [-0.39, 0.29) is 17.3 Å². The molecule has 1 aliphatic rings. The second kappa shape index (κ2) is 4.45. The first-order valence-electron chi connectivity index (χ1n) is 5.83. The van der Waals surface area contributed by atoms with E-state index in [0.29, 0.717) is 17.7 Å². The van der Waals surface area contributed by atoms with E-state index in [1.165, 1.54) is 6.07 Å². The van der Waals surface area contributed by atoms with Gasteiger partial charge in [0, 0.05) is 17.6 Å². The lowest BCUT2D eigenvalue weighted by molar-refractivity contribution is -0.118. The molecule has 0 unspecified atom stereocenters. The van der Waals surface area contributed by atoms with Crippen LogP contribution in [0.3, 0.4) is 0 Å². The van der Waals surface area contributed by atoms with E-state index in [1.807, 2.05) is 0 Å². The maximum absolute atomic E-state index is 13.3. The lowest BCUT2D eigenvalue weighted by Gasteiger charge is -2.37. The molecule has 3 nitrogen and oxygen atoms in total.